The molecule has 504 valence electrons. The highest BCUT2D eigenvalue weighted by atomic mass is 31.2. The smallest absolute Gasteiger partial charge is 0.462 e. The molecule has 0 radical (unpaired) electrons. The normalized spacial score (nSPS) is 15.0. The predicted octanol–water partition coefficient (Wildman–Crippen LogP) is 18.1. The summed E-state index contributed by atoms with van der Waals surface area (Å²) in [5.41, 5.74) is 0. The van der Waals surface area contributed by atoms with Gasteiger partial charge in [-0.3, -0.25) is 37.3 Å². The van der Waals surface area contributed by atoms with E-state index in [2.05, 4.69) is 55.4 Å². The number of aliphatic hydroxyl groups is 1. The molecule has 0 aromatic carbocycles. The van der Waals surface area contributed by atoms with Gasteiger partial charge in [-0.05, 0) is 49.4 Å². The lowest BCUT2D eigenvalue weighted by Crippen LogP contribution is -2.30. The van der Waals surface area contributed by atoms with Gasteiger partial charge in [0.2, 0.25) is 0 Å². The van der Waals surface area contributed by atoms with Gasteiger partial charge in [-0.1, -0.05) is 267 Å². The van der Waals surface area contributed by atoms with Crippen LogP contribution in [0.3, 0.4) is 0 Å². The Kier molecular flexibility index (Phi) is 54.8. The van der Waals surface area contributed by atoms with Gasteiger partial charge in [0.1, 0.15) is 19.3 Å². The summed E-state index contributed by atoms with van der Waals surface area (Å²) in [7, 11) is -9.89. The Hall–Kier alpha value is -1.94. The van der Waals surface area contributed by atoms with Crippen molar-refractivity contribution in [3.63, 3.8) is 0 Å². The third-order valence-corrected chi connectivity index (χ3v) is 17.7. The lowest BCUT2D eigenvalue weighted by atomic mass is 9.99. The Morgan fingerprint density at radius 3 is 0.835 bits per heavy atom. The highest BCUT2D eigenvalue weighted by Gasteiger charge is 2.30. The molecule has 0 aromatic rings. The van der Waals surface area contributed by atoms with Crippen LogP contribution < -0.4 is 0 Å². The van der Waals surface area contributed by atoms with E-state index in [0.29, 0.717) is 31.6 Å². The van der Waals surface area contributed by atoms with Crippen LogP contribution >= 0.6 is 15.6 Å². The molecule has 0 aromatic heterocycles. The van der Waals surface area contributed by atoms with Gasteiger partial charge in [-0.15, -0.1) is 0 Å². The molecule has 0 spiro atoms. The molecule has 0 rings (SSSR count). The maximum absolute atomic E-state index is 13.0. The van der Waals surface area contributed by atoms with Gasteiger partial charge >= 0.3 is 39.5 Å². The van der Waals surface area contributed by atoms with E-state index < -0.39 is 97.5 Å². The molecule has 0 saturated carbocycles. The first-order chi connectivity index (χ1) is 40.7. The largest absolute Gasteiger partial charge is 0.472 e. The van der Waals surface area contributed by atoms with Gasteiger partial charge in [0.15, 0.2) is 12.2 Å². The molecular formula is C66H128O17P2. The Bertz CT molecular complexity index is 1700. The van der Waals surface area contributed by atoms with Gasteiger partial charge in [0.05, 0.1) is 26.4 Å². The zero-order valence-corrected chi connectivity index (χ0v) is 57.0. The number of ether oxygens (including phenoxy) is 4. The van der Waals surface area contributed by atoms with Crippen molar-refractivity contribution in [1.29, 1.82) is 0 Å². The molecule has 0 aliphatic carbocycles. The highest BCUT2D eigenvalue weighted by Crippen LogP contribution is 2.45. The fourth-order valence-electron chi connectivity index (χ4n) is 9.72. The summed E-state index contributed by atoms with van der Waals surface area (Å²) in [6.07, 6.45) is 36.3. The quantitative estimate of drug-likeness (QED) is 0.0222. The first-order valence-corrected chi connectivity index (χ1v) is 37.3. The molecule has 0 amide bonds. The van der Waals surface area contributed by atoms with Crippen LogP contribution in [0.15, 0.2) is 0 Å². The van der Waals surface area contributed by atoms with Crippen molar-refractivity contribution in [2.75, 3.05) is 39.6 Å². The Morgan fingerprint density at radius 1 is 0.329 bits per heavy atom. The molecular weight excluding hydrogens is 1130 g/mol. The van der Waals surface area contributed by atoms with Crippen molar-refractivity contribution in [1.82, 2.24) is 0 Å². The Morgan fingerprint density at radius 2 is 0.565 bits per heavy atom. The average molecular weight is 1260 g/mol. The summed E-state index contributed by atoms with van der Waals surface area (Å²) < 4.78 is 68.1. The van der Waals surface area contributed by atoms with Crippen molar-refractivity contribution in [3.05, 3.63) is 0 Å². The average Bonchev–Trinajstić information content (AvgIpc) is 3.57. The number of unbranched alkanes of at least 4 members (excludes halogenated alkanes) is 27. The molecule has 0 aliphatic heterocycles. The highest BCUT2D eigenvalue weighted by molar-refractivity contribution is 7.47. The summed E-state index contributed by atoms with van der Waals surface area (Å²) >= 11 is 0. The summed E-state index contributed by atoms with van der Waals surface area (Å²) in [5.74, 6) is 0.812. The van der Waals surface area contributed by atoms with Gasteiger partial charge in [0, 0.05) is 25.7 Å². The van der Waals surface area contributed by atoms with E-state index in [1.165, 1.54) is 122 Å². The molecule has 0 saturated heterocycles. The van der Waals surface area contributed by atoms with Crippen molar-refractivity contribution < 1.29 is 80.2 Å². The molecule has 19 heteroatoms. The standard InChI is InChI=1S/C66H128O17P2/c1-9-58(7)44-36-28-20-13-11-12-14-21-30-38-46-63(68)76-53-62(83-66(71)49-41-33-25-24-29-37-45-59(8)10-2)55-81-85(74,75)79-51-60(67)50-78-84(72,73)80-54-61(82-65(70)48-40-32-23-17-19-27-35-43-57(5)6)52-77-64(69)47-39-31-22-16-15-18-26-34-42-56(3)4/h56-62,67H,9-55H2,1-8H3,(H,72,73)(H,74,75)/t58?,59?,60?,61-,62-/m1/s1. The van der Waals surface area contributed by atoms with E-state index in [9.17, 15) is 43.2 Å². The molecule has 0 fully saturated rings. The summed E-state index contributed by atoms with van der Waals surface area (Å²) in [6.45, 7) is 14.0. The zero-order valence-electron chi connectivity index (χ0n) is 55.2. The van der Waals surface area contributed by atoms with E-state index in [0.717, 1.165) is 108 Å². The van der Waals surface area contributed by atoms with Crippen LogP contribution in [-0.4, -0.2) is 96.7 Å². The van der Waals surface area contributed by atoms with E-state index in [-0.39, 0.29) is 25.7 Å². The van der Waals surface area contributed by atoms with E-state index in [4.69, 9.17) is 37.0 Å². The first kappa shape index (κ1) is 83.1. The number of esters is 4. The van der Waals surface area contributed by atoms with Crippen LogP contribution in [0.5, 0.6) is 0 Å². The summed E-state index contributed by atoms with van der Waals surface area (Å²) in [4.78, 5) is 72.3. The maximum atomic E-state index is 13.0. The minimum Gasteiger partial charge on any atom is -0.462 e. The molecule has 0 heterocycles. The van der Waals surface area contributed by atoms with Gasteiger partial charge in [-0.25, -0.2) is 9.13 Å². The molecule has 5 unspecified atom stereocenters. The Balaban J connectivity index is 5.24. The molecule has 7 atom stereocenters. The van der Waals surface area contributed by atoms with Crippen LogP contribution in [0.25, 0.3) is 0 Å². The Labute approximate surface area is 517 Å². The number of carbonyl (C=O) groups excluding carboxylic acids is 4. The maximum Gasteiger partial charge on any atom is 0.472 e. The van der Waals surface area contributed by atoms with Crippen molar-refractivity contribution in [3.8, 4) is 0 Å². The van der Waals surface area contributed by atoms with E-state index in [1.807, 2.05) is 0 Å². The lowest BCUT2D eigenvalue weighted by molar-refractivity contribution is -0.161. The SMILES string of the molecule is CCC(C)CCCCCCCCCCCCC(=O)OC[C@H](COP(=O)(O)OCC(O)COP(=O)(O)OC[C@@H](COC(=O)CCCCCCCCCCC(C)C)OC(=O)CCCCCCCCCC(C)C)OC(=O)CCCCCCCCC(C)CC. The monoisotopic (exact) mass is 1250 g/mol. The van der Waals surface area contributed by atoms with Crippen molar-refractivity contribution in [2.24, 2.45) is 23.7 Å². The number of aliphatic hydroxyl groups excluding tert-OH is 1. The summed E-state index contributed by atoms with van der Waals surface area (Å²) in [6, 6.07) is 0. The second-order valence-electron chi connectivity index (χ2n) is 25.3. The van der Waals surface area contributed by atoms with E-state index >= 15 is 0 Å². The van der Waals surface area contributed by atoms with Crippen LogP contribution in [0.4, 0.5) is 0 Å². The van der Waals surface area contributed by atoms with E-state index in [1.54, 1.807) is 0 Å². The topological polar surface area (TPSA) is 237 Å². The second-order valence-corrected chi connectivity index (χ2v) is 28.2. The van der Waals surface area contributed by atoms with Crippen LogP contribution in [0.2, 0.25) is 0 Å². The number of carbonyl (C=O) groups is 4. The van der Waals surface area contributed by atoms with Gasteiger partial charge < -0.3 is 33.8 Å². The minimum absolute atomic E-state index is 0.102. The third kappa shape index (κ3) is 58.2. The fraction of sp³-hybridized carbons (Fsp3) is 0.939. The van der Waals surface area contributed by atoms with Crippen molar-refractivity contribution in [2.45, 2.75) is 337 Å². The number of rotatable bonds is 63. The van der Waals surface area contributed by atoms with Crippen LogP contribution in [0.1, 0.15) is 319 Å². The fourth-order valence-corrected chi connectivity index (χ4v) is 11.3. The molecule has 0 bridgehead atoms. The number of phosphoric acid groups is 2. The van der Waals surface area contributed by atoms with Gasteiger partial charge in [-0.2, -0.15) is 0 Å². The van der Waals surface area contributed by atoms with Crippen molar-refractivity contribution >= 4 is 39.5 Å². The second kappa shape index (κ2) is 56.1. The third-order valence-electron chi connectivity index (χ3n) is 15.8. The lowest BCUT2D eigenvalue weighted by Gasteiger charge is -2.21. The molecule has 17 nitrogen and oxygen atoms in total. The minimum atomic E-state index is -4.95. The summed E-state index contributed by atoms with van der Waals surface area (Å²) in [5, 5.41) is 10.5. The number of phosphoric ester groups is 2. The zero-order chi connectivity index (χ0) is 63.2. The number of hydrogen-bond acceptors (Lipinski definition) is 15. The predicted molar refractivity (Wildman–Crippen MR) is 340 cm³/mol. The molecule has 85 heavy (non-hydrogen) atoms. The number of hydrogen-bond donors (Lipinski definition) is 3. The van der Waals surface area contributed by atoms with Crippen LogP contribution in [0, 0.1) is 23.7 Å². The van der Waals surface area contributed by atoms with Gasteiger partial charge in [0.25, 0.3) is 0 Å². The first-order valence-electron chi connectivity index (χ1n) is 34.3. The molecule has 3 N–H and O–H groups in total. The molecule has 0 aliphatic rings. The van der Waals surface area contributed by atoms with Crippen LogP contribution in [-0.2, 0) is 65.4 Å².